The lowest BCUT2D eigenvalue weighted by Gasteiger charge is -2.12. The summed E-state index contributed by atoms with van der Waals surface area (Å²) < 4.78 is 23.5. The highest BCUT2D eigenvalue weighted by molar-refractivity contribution is 6.04. The Bertz CT molecular complexity index is 737. The van der Waals surface area contributed by atoms with Crippen molar-refractivity contribution in [3.63, 3.8) is 0 Å². The van der Waals surface area contributed by atoms with E-state index >= 15 is 0 Å². The summed E-state index contributed by atoms with van der Waals surface area (Å²) in [5.41, 5.74) is 0.664. The Morgan fingerprint density at radius 1 is 1.08 bits per heavy atom. The smallest absolute Gasteiger partial charge is 0.262 e. The predicted octanol–water partition coefficient (Wildman–Crippen LogP) is 2.22. The number of hydrogen-bond donors (Lipinski definition) is 2. The molecule has 2 amide bonds. The fourth-order valence-electron chi connectivity index (χ4n) is 2.04. The Labute approximate surface area is 144 Å². The van der Waals surface area contributed by atoms with Gasteiger partial charge in [-0.15, -0.1) is 0 Å². The van der Waals surface area contributed by atoms with E-state index in [1.807, 2.05) is 0 Å². The van der Waals surface area contributed by atoms with E-state index in [2.05, 4.69) is 10.6 Å². The molecular formula is C18H19FN2O4. The van der Waals surface area contributed by atoms with Gasteiger partial charge in [-0.05, 0) is 24.3 Å². The molecule has 0 fully saturated rings. The van der Waals surface area contributed by atoms with Gasteiger partial charge in [-0.3, -0.25) is 9.59 Å². The molecule has 0 saturated heterocycles. The van der Waals surface area contributed by atoms with Crippen LogP contribution in [0.1, 0.15) is 10.4 Å². The Morgan fingerprint density at radius 2 is 1.80 bits per heavy atom. The van der Waals surface area contributed by atoms with E-state index in [-0.39, 0.29) is 18.3 Å². The van der Waals surface area contributed by atoms with Gasteiger partial charge in [0.05, 0.1) is 17.9 Å². The number of carbonyl (C=O) groups excluding carboxylic acids is 2. The molecule has 2 aromatic rings. The molecule has 25 heavy (non-hydrogen) atoms. The first kappa shape index (κ1) is 18.4. The molecule has 132 valence electrons. The lowest BCUT2D eigenvalue weighted by Crippen LogP contribution is -2.29. The predicted molar refractivity (Wildman–Crippen MR) is 91.2 cm³/mol. The number of hydrogen-bond acceptors (Lipinski definition) is 4. The summed E-state index contributed by atoms with van der Waals surface area (Å²) in [6.07, 6.45) is 0. The minimum atomic E-state index is -0.548. The molecule has 0 aliphatic rings. The van der Waals surface area contributed by atoms with E-state index in [0.717, 1.165) is 0 Å². The molecule has 0 aliphatic carbocycles. The van der Waals surface area contributed by atoms with Crippen molar-refractivity contribution in [3.05, 3.63) is 59.9 Å². The second kappa shape index (κ2) is 9.39. The molecule has 2 N–H and O–H groups in total. The van der Waals surface area contributed by atoms with Gasteiger partial charge in [0.15, 0.2) is 18.2 Å². The molecule has 0 heterocycles. The minimum Gasteiger partial charge on any atom is -0.481 e. The van der Waals surface area contributed by atoms with Gasteiger partial charge in [0.2, 0.25) is 0 Å². The topological polar surface area (TPSA) is 76.7 Å². The van der Waals surface area contributed by atoms with Gasteiger partial charge in [0, 0.05) is 13.7 Å². The third-order valence-corrected chi connectivity index (χ3v) is 3.23. The van der Waals surface area contributed by atoms with Crippen molar-refractivity contribution in [2.24, 2.45) is 0 Å². The zero-order chi connectivity index (χ0) is 18.1. The molecule has 0 aromatic heterocycles. The van der Waals surface area contributed by atoms with E-state index in [0.29, 0.717) is 24.4 Å². The first-order chi connectivity index (χ1) is 12.1. The molecular weight excluding hydrogens is 327 g/mol. The van der Waals surface area contributed by atoms with E-state index in [4.69, 9.17) is 9.47 Å². The number of carbonyl (C=O) groups is 2. The molecule has 0 bridgehead atoms. The van der Waals surface area contributed by atoms with Crippen LogP contribution in [-0.4, -0.2) is 38.7 Å². The van der Waals surface area contributed by atoms with Crippen LogP contribution in [-0.2, 0) is 9.53 Å². The summed E-state index contributed by atoms with van der Waals surface area (Å²) in [6.45, 7) is 0.366. The minimum absolute atomic E-state index is 0.0109. The largest absolute Gasteiger partial charge is 0.481 e. The normalized spacial score (nSPS) is 10.2. The van der Waals surface area contributed by atoms with Gasteiger partial charge in [-0.1, -0.05) is 24.3 Å². The van der Waals surface area contributed by atoms with Gasteiger partial charge in [-0.25, -0.2) is 4.39 Å². The molecule has 2 rings (SSSR count). The molecule has 0 aliphatic heterocycles. The van der Waals surface area contributed by atoms with Crippen LogP contribution in [0.25, 0.3) is 0 Å². The van der Waals surface area contributed by atoms with E-state index < -0.39 is 11.7 Å². The van der Waals surface area contributed by atoms with Crippen molar-refractivity contribution in [2.75, 3.05) is 32.2 Å². The summed E-state index contributed by atoms with van der Waals surface area (Å²) >= 11 is 0. The number of ether oxygens (including phenoxy) is 2. The van der Waals surface area contributed by atoms with Crippen LogP contribution in [0.2, 0.25) is 0 Å². The lowest BCUT2D eigenvalue weighted by molar-refractivity contribution is -0.118. The third kappa shape index (κ3) is 5.58. The van der Waals surface area contributed by atoms with Crippen LogP contribution >= 0.6 is 0 Å². The number of anilines is 1. The Morgan fingerprint density at radius 3 is 2.56 bits per heavy atom. The van der Waals surface area contributed by atoms with E-state index in [1.165, 1.54) is 25.3 Å². The number of para-hydroxylation sites is 2. The number of halogens is 1. The molecule has 6 nitrogen and oxygen atoms in total. The van der Waals surface area contributed by atoms with Gasteiger partial charge in [0.1, 0.15) is 0 Å². The molecule has 0 spiro atoms. The first-order valence-corrected chi connectivity index (χ1v) is 7.65. The molecule has 0 atom stereocenters. The zero-order valence-corrected chi connectivity index (χ0v) is 13.8. The summed E-state index contributed by atoms with van der Waals surface area (Å²) in [7, 11) is 1.54. The summed E-state index contributed by atoms with van der Waals surface area (Å²) in [6, 6.07) is 12.4. The first-order valence-electron chi connectivity index (χ1n) is 7.65. The van der Waals surface area contributed by atoms with Crippen LogP contribution in [0.3, 0.4) is 0 Å². The van der Waals surface area contributed by atoms with E-state index in [1.54, 1.807) is 30.3 Å². The maximum absolute atomic E-state index is 13.5. The van der Waals surface area contributed by atoms with E-state index in [9.17, 15) is 14.0 Å². The average Bonchev–Trinajstić information content (AvgIpc) is 2.61. The van der Waals surface area contributed by atoms with Crippen molar-refractivity contribution in [1.29, 1.82) is 0 Å². The van der Waals surface area contributed by atoms with Gasteiger partial charge in [0.25, 0.3) is 11.8 Å². The number of benzene rings is 2. The highest BCUT2D eigenvalue weighted by Crippen LogP contribution is 2.17. The zero-order valence-electron chi connectivity index (χ0n) is 13.8. The fourth-order valence-corrected chi connectivity index (χ4v) is 2.04. The van der Waals surface area contributed by atoms with Crippen molar-refractivity contribution in [3.8, 4) is 5.75 Å². The summed E-state index contributed by atoms with van der Waals surface area (Å²) in [4.78, 5) is 24.2. The van der Waals surface area contributed by atoms with Crippen molar-refractivity contribution < 1.29 is 23.5 Å². The SMILES string of the molecule is COCCNC(=O)c1ccccc1NC(=O)COc1ccccc1F. The molecule has 2 aromatic carbocycles. The monoisotopic (exact) mass is 346 g/mol. The van der Waals surface area contributed by atoms with Gasteiger partial charge in [-0.2, -0.15) is 0 Å². The highest BCUT2D eigenvalue weighted by Gasteiger charge is 2.13. The average molecular weight is 346 g/mol. The maximum Gasteiger partial charge on any atom is 0.262 e. The summed E-state index contributed by atoms with van der Waals surface area (Å²) in [5.74, 6) is -1.39. The number of methoxy groups -OCH3 is 1. The second-order valence-corrected chi connectivity index (χ2v) is 5.06. The molecule has 0 unspecified atom stereocenters. The Kier molecular flexibility index (Phi) is 6.91. The Hall–Kier alpha value is -2.93. The number of amides is 2. The van der Waals surface area contributed by atoms with Crippen LogP contribution in [0.4, 0.5) is 10.1 Å². The Balaban J connectivity index is 1.96. The quantitative estimate of drug-likeness (QED) is 0.719. The fraction of sp³-hybridized carbons (Fsp3) is 0.222. The van der Waals surface area contributed by atoms with Crippen molar-refractivity contribution in [1.82, 2.24) is 5.32 Å². The highest BCUT2D eigenvalue weighted by atomic mass is 19.1. The maximum atomic E-state index is 13.5. The van der Waals surface area contributed by atoms with Crippen molar-refractivity contribution in [2.45, 2.75) is 0 Å². The van der Waals surface area contributed by atoms with Crippen LogP contribution in [0.5, 0.6) is 5.75 Å². The van der Waals surface area contributed by atoms with Crippen LogP contribution in [0.15, 0.2) is 48.5 Å². The van der Waals surface area contributed by atoms with Gasteiger partial charge < -0.3 is 20.1 Å². The second-order valence-electron chi connectivity index (χ2n) is 5.06. The lowest BCUT2D eigenvalue weighted by atomic mass is 10.1. The molecule has 0 radical (unpaired) electrons. The van der Waals surface area contributed by atoms with Crippen LogP contribution < -0.4 is 15.4 Å². The standard InChI is InChI=1S/C18H19FN2O4/c1-24-11-10-20-18(23)13-6-2-4-8-15(13)21-17(22)12-25-16-9-5-3-7-14(16)19/h2-9H,10-12H2,1H3,(H,20,23)(H,21,22). The number of rotatable bonds is 8. The van der Waals surface area contributed by atoms with Crippen LogP contribution in [0, 0.1) is 5.82 Å². The number of nitrogens with one attached hydrogen (secondary N) is 2. The van der Waals surface area contributed by atoms with Crippen molar-refractivity contribution >= 4 is 17.5 Å². The molecule has 0 saturated carbocycles. The third-order valence-electron chi connectivity index (χ3n) is 3.23. The summed E-state index contributed by atoms with van der Waals surface area (Å²) in [5, 5.41) is 5.28. The van der Waals surface area contributed by atoms with Gasteiger partial charge >= 0.3 is 0 Å². The molecule has 7 heteroatoms.